The van der Waals surface area contributed by atoms with E-state index in [0.29, 0.717) is 37.0 Å². The van der Waals surface area contributed by atoms with Gasteiger partial charge in [0.25, 0.3) is 5.91 Å². The maximum Gasteiger partial charge on any atom is 0.321 e. The van der Waals surface area contributed by atoms with Crippen molar-refractivity contribution in [2.24, 2.45) is 5.92 Å². The number of amides is 3. The first-order valence-electron chi connectivity index (χ1n) is 10.3. The molecular formula is C23H29N3O3S. The van der Waals surface area contributed by atoms with E-state index in [9.17, 15) is 9.59 Å². The minimum atomic E-state index is -0.118. The smallest absolute Gasteiger partial charge is 0.321 e. The molecule has 3 amide bonds. The monoisotopic (exact) mass is 427 g/mol. The average Bonchev–Trinajstić information content (AvgIpc) is 2.78. The Morgan fingerprint density at radius 1 is 1.10 bits per heavy atom. The molecule has 0 aromatic heterocycles. The van der Waals surface area contributed by atoms with Gasteiger partial charge in [-0.1, -0.05) is 31.2 Å². The molecule has 0 aliphatic carbocycles. The average molecular weight is 428 g/mol. The van der Waals surface area contributed by atoms with Crippen LogP contribution in [0.1, 0.15) is 30.1 Å². The molecule has 2 N–H and O–H groups in total. The van der Waals surface area contributed by atoms with E-state index >= 15 is 0 Å². The number of carbonyl (C=O) groups is 2. The first-order valence-corrected chi connectivity index (χ1v) is 11.3. The topological polar surface area (TPSA) is 70.7 Å². The Morgan fingerprint density at radius 2 is 1.80 bits per heavy atom. The number of ether oxygens (including phenoxy) is 1. The Hall–Kier alpha value is -2.67. The number of hydrogen-bond acceptors (Lipinski definition) is 4. The van der Waals surface area contributed by atoms with Crippen molar-refractivity contribution < 1.29 is 14.3 Å². The molecule has 0 saturated carbocycles. The van der Waals surface area contributed by atoms with E-state index in [-0.39, 0.29) is 11.9 Å². The second kappa shape index (κ2) is 10.9. The highest BCUT2D eigenvalue weighted by Gasteiger charge is 2.24. The van der Waals surface area contributed by atoms with Crippen molar-refractivity contribution in [2.45, 2.75) is 24.7 Å². The fraction of sp³-hybridized carbons (Fsp3) is 0.391. The van der Waals surface area contributed by atoms with Crippen LogP contribution in [-0.2, 0) is 0 Å². The second-order valence-corrected chi connectivity index (χ2v) is 8.51. The molecule has 6 nitrogen and oxygen atoms in total. The third-order valence-corrected chi connectivity index (χ3v) is 6.19. The Labute approximate surface area is 182 Å². The molecule has 160 valence electrons. The number of carbonyl (C=O) groups excluding carboxylic acids is 2. The van der Waals surface area contributed by atoms with Gasteiger partial charge in [0, 0.05) is 24.5 Å². The fourth-order valence-electron chi connectivity index (χ4n) is 3.55. The van der Waals surface area contributed by atoms with Gasteiger partial charge < -0.3 is 20.3 Å². The molecule has 1 saturated heterocycles. The van der Waals surface area contributed by atoms with Gasteiger partial charge in [-0.3, -0.25) is 4.79 Å². The normalized spacial score (nSPS) is 14.3. The third-order valence-electron chi connectivity index (χ3n) is 5.23. The molecule has 3 rings (SSSR count). The number of benzene rings is 2. The molecule has 0 atom stereocenters. The van der Waals surface area contributed by atoms with Crippen LogP contribution in [0.5, 0.6) is 5.75 Å². The SMILES string of the molecule is CCSc1ccccc1C(=O)NCC1CCN(C(=O)Nc2ccccc2OC)CC1. The van der Waals surface area contributed by atoms with Crippen molar-refractivity contribution in [2.75, 3.05) is 37.8 Å². The van der Waals surface area contributed by atoms with E-state index in [4.69, 9.17) is 4.74 Å². The quantitative estimate of drug-likeness (QED) is 0.639. The highest BCUT2D eigenvalue weighted by molar-refractivity contribution is 7.99. The van der Waals surface area contributed by atoms with Crippen molar-refractivity contribution in [1.82, 2.24) is 10.2 Å². The molecule has 2 aromatic rings. The molecule has 1 aliphatic heterocycles. The molecule has 2 aromatic carbocycles. The zero-order chi connectivity index (χ0) is 21.3. The molecular weight excluding hydrogens is 398 g/mol. The van der Waals surface area contributed by atoms with Crippen molar-refractivity contribution >= 4 is 29.4 Å². The van der Waals surface area contributed by atoms with Gasteiger partial charge in [0.2, 0.25) is 0 Å². The van der Waals surface area contributed by atoms with Gasteiger partial charge in [-0.2, -0.15) is 0 Å². The van der Waals surface area contributed by atoms with Crippen molar-refractivity contribution in [3.05, 3.63) is 54.1 Å². The minimum absolute atomic E-state index is 0.0251. The van der Waals surface area contributed by atoms with E-state index in [1.54, 1.807) is 18.9 Å². The first-order chi connectivity index (χ1) is 14.6. The number of urea groups is 1. The zero-order valence-electron chi connectivity index (χ0n) is 17.5. The summed E-state index contributed by atoms with van der Waals surface area (Å²) in [4.78, 5) is 28.0. The van der Waals surface area contributed by atoms with Crippen LogP contribution in [0.25, 0.3) is 0 Å². The zero-order valence-corrected chi connectivity index (χ0v) is 18.3. The lowest BCUT2D eigenvalue weighted by Crippen LogP contribution is -2.43. The second-order valence-electron chi connectivity index (χ2n) is 7.20. The van der Waals surface area contributed by atoms with Crippen LogP contribution >= 0.6 is 11.8 Å². The number of nitrogens with one attached hydrogen (secondary N) is 2. The van der Waals surface area contributed by atoms with E-state index in [2.05, 4.69) is 17.6 Å². The lowest BCUT2D eigenvalue weighted by atomic mass is 9.97. The third kappa shape index (κ3) is 5.69. The number of methoxy groups -OCH3 is 1. The lowest BCUT2D eigenvalue weighted by molar-refractivity contribution is 0.0936. The number of piperidine rings is 1. The summed E-state index contributed by atoms with van der Waals surface area (Å²) in [6.07, 6.45) is 1.73. The summed E-state index contributed by atoms with van der Waals surface area (Å²) < 4.78 is 5.29. The van der Waals surface area contributed by atoms with Gasteiger partial charge in [-0.05, 0) is 48.8 Å². The standard InChI is InChI=1S/C23H29N3O3S/c1-3-30-21-11-7-4-8-18(21)22(27)24-16-17-12-14-26(15-13-17)23(28)25-19-9-5-6-10-20(19)29-2/h4-11,17H,3,12-16H2,1-2H3,(H,24,27)(H,25,28). The predicted molar refractivity (Wildman–Crippen MR) is 121 cm³/mol. The van der Waals surface area contributed by atoms with Gasteiger partial charge >= 0.3 is 6.03 Å². The number of anilines is 1. The van der Waals surface area contributed by atoms with Gasteiger partial charge in [0.1, 0.15) is 5.75 Å². The molecule has 0 spiro atoms. The van der Waals surface area contributed by atoms with Crippen molar-refractivity contribution in [3.8, 4) is 5.75 Å². The molecule has 0 bridgehead atoms. The molecule has 1 fully saturated rings. The van der Waals surface area contributed by atoms with Crippen LogP contribution in [0.2, 0.25) is 0 Å². The van der Waals surface area contributed by atoms with Crippen LogP contribution in [0.3, 0.4) is 0 Å². The summed E-state index contributed by atoms with van der Waals surface area (Å²) in [5, 5.41) is 6.00. The largest absolute Gasteiger partial charge is 0.495 e. The first kappa shape index (κ1) is 22.0. The fourth-order valence-corrected chi connectivity index (χ4v) is 4.35. The minimum Gasteiger partial charge on any atom is -0.495 e. The highest BCUT2D eigenvalue weighted by Crippen LogP contribution is 2.25. The Kier molecular flexibility index (Phi) is 8.02. The molecule has 7 heteroatoms. The Balaban J connectivity index is 1.47. The number of hydrogen-bond donors (Lipinski definition) is 2. The van der Waals surface area contributed by atoms with E-state index in [0.717, 1.165) is 29.1 Å². The molecule has 0 radical (unpaired) electrons. The number of para-hydroxylation sites is 2. The maximum atomic E-state index is 12.6. The van der Waals surface area contributed by atoms with Crippen molar-refractivity contribution in [3.63, 3.8) is 0 Å². The molecule has 1 heterocycles. The number of rotatable bonds is 7. The van der Waals surface area contributed by atoms with Crippen LogP contribution in [0.4, 0.5) is 10.5 Å². The molecule has 0 unspecified atom stereocenters. The molecule has 30 heavy (non-hydrogen) atoms. The highest BCUT2D eigenvalue weighted by atomic mass is 32.2. The predicted octanol–water partition coefficient (Wildman–Crippen LogP) is 4.48. The van der Waals surface area contributed by atoms with E-state index < -0.39 is 0 Å². The van der Waals surface area contributed by atoms with Gasteiger partial charge in [0.05, 0.1) is 18.4 Å². The van der Waals surface area contributed by atoms with Crippen LogP contribution in [0.15, 0.2) is 53.4 Å². The van der Waals surface area contributed by atoms with E-state index in [1.165, 1.54) is 0 Å². The molecule has 1 aliphatic rings. The Bertz CT molecular complexity index is 866. The summed E-state index contributed by atoms with van der Waals surface area (Å²) in [5.74, 6) is 1.92. The number of nitrogens with zero attached hydrogens (tertiary/aromatic N) is 1. The van der Waals surface area contributed by atoms with Crippen molar-refractivity contribution in [1.29, 1.82) is 0 Å². The number of thioether (sulfide) groups is 1. The number of likely N-dealkylation sites (tertiary alicyclic amines) is 1. The summed E-state index contributed by atoms with van der Waals surface area (Å²) in [6.45, 7) is 4.05. The van der Waals surface area contributed by atoms with Crippen LogP contribution in [0, 0.1) is 5.92 Å². The summed E-state index contributed by atoms with van der Waals surface area (Å²) in [5.41, 5.74) is 1.40. The van der Waals surface area contributed by atoms with E-state index in [1.807, 2.05) is 53.4 Å². The Morgan fingerprint density at radius 3 is 2.53 bits per heavy atom. The summed E-state index contributed by atoms with van der Waals surface area (Å²) in [7, 11) is 1.59. The lowest BCUT2D eigenvalue weighted by Gasteiger charge is -2.32. The van der Waals surface area contributed by atoms with Crippen LogP contribution in [-0.4, -0.2) is 49.3 Å². The van der Waals surface area contributed by atoms with Gasteiger partial charge in [-0.25, -0.2) is 4.79 Å². The maximum absolute atomic E-state index is 12.6. The van der Waals surface area contributed by atoms with Gasteiger partial charge in [0.15, 0.2) is 0 Å². The summed E-state index contributed by atoms with van der Waals surface area (Å²) in [6, 6.07) is 15.0. The summed E-state index contributed by atoms with van der Waals surface area (Å²) >= 11 is 1.68. The van der Waals surface area contributed by atoms with Crippen LogP contribution < -0.4 is 15.4 Å². The van der Waals surface area contributed by atoms with Gasteiger partial charge in [-0.15, -0.1) is 11.8 Å².